The molecule has 4 saturated carbocycles. The number of hydrazone groups is 1. The van der Waals surface area contributed by atoms with Gasteiger partial charge in [-0.2, -0.15) is 5.10 Å². The van der Waals surface area contributed by atoms with Gasteiger partial charge in [0.2, 0.25) is 0 Å². The molecule has 1 amide bonds. The van der Waals surface area contributed by atoms with Gasteiger partial charge >= 0.3 is 0 Å². The molecule has 1 aromatic carbocycles. The van der Waals surface area contributed by atoms with E-state index in [4.69, 9.17) is 5.10 Å². The van der Waals surface area contributed by atoms with Crippen molar-refractivity contribution in [2.45, 2.75) is 82.7 Å². The first kappa shape index (κ1) is 19.1. The summed E-state index contributed by atoms with van der Waals surface area (Å²) in [6, 6.07) is 10.8. The normalized spacial score (nSPS) is 35.1. The average molecular weight is 394 g/mol. The summed E-state index contributed by atoms with van der Waals surface area (Å²) in [5, 5.41) is 10.6. The molecule has 1 atom stereocenters. The van der Waals surface area contributed by atoms with Crippen LogP contribution in [0.15, 0.2) is 35.4 Å². The SMILES string of the molecule is CCCCCN1N=C(C(=O)NC23CC4CC(CC(C4)C2)C3)CC1c1ccccc1. The molecule has 4 bridgehead atoms. The summed E-state index contributed by atoms with van der Waals surface area (Å²) in [5.41, 5.74) is 2.07. The van der Waals surface area contributed by atoms with Crippen LogP contribution in [0.5, 0.6) is 0 Å². The summed E-state index contributed by atoms with van der Waals surface area (Å²) >= 11 is 0. The van der Waals surface area contributed by atoms with Crippen LogP contribution in [0, 0.1) is 17.8 Å². The van der Waals surface area contributed by atoms with Crippen LogP contribution in [0.2, 0.25) is 0 Å². The topological polar surface area (TPSA) is 44.7 Å². The van der Waals surface area contributed by atoms with Crippen molar-refractivity contribution in [1.82, 2.24) is 10.3 Å². The second-order valence-corrected chi connectivity index (χ2v) is 10.2. The zero-order valence-electron chi connectivity index (χ0n) is 17.8. The van der Waals surface area contributed by atoms with Crippen LogP contribution >= 0.6 is 0 Å². The first-order valence-electron chi connectivity index (χ1n) is 11.9. The Morgan fingerprint density at radius 1 is 1.07 bits per heavy atom. The van der Waals surface area contributed by atoms with E-state index in [-0.39, 0.29) is 17.5 Å². The van der Waals surface area contributed by atoms with Gasteiger partial charge in [-0.25, -0.2) is 0 Å². The predicted octanol–water partition coefficient (Wildman–Crippen LogP) is 5.06. The number of nitrogens with one attached hydrogen (secondary N) is 1. The van der Waals surface area contributed by atoms with Gasteiger partial charge in [0.1, 0.15) is 5.71 Å². The summed E-state index contributed by atoms with van der Waals surface area (Å²) in [6.07, 6.45) is 12.1. The highest BCUT2D eigenvalue weighted by Gasteiger charge is 2.52. The Morgan fingerprint density at radius 2 is 1.72 bits per heavy atom. The molecule has 1 aromatic rings. The Labute approximate surface area is 175 Å². The van der Waals surface area contributed by atoms with E-state index in [0.717, 1.165) is 42.9 Å². The fourth-order valence-electron chi connectivity index (χ4n) is 6.96. The lowest BCUT2D eigenvalue weighted by molar-refractivity contribution is -0.120. The molecule has 29 heavy (non-hydrogen) atoms. The van der Waals surface area contributed by atoms with Gasteiger partial charge in [0.15, 0.2) is 0 Å². The fourth-order valence-corrected chi connectivity index (χ4v) is 6.96. The van der Waals surface area contributed by atoms with Crippen LogP contribution in [0.3, 0.4) is 0 Å². The van der Waals surface area contributed by atoms with E-state index in [1.54, 1.807) is 0 Å². The smallest absolute Gasteiger partial charge is 0.267 e. The quantitative estimate of drug-likeness (QED) is 0.658. The van der Waals surface area contributed by atoms with Crippen LogP contribution in [0.1, 0.15) is 82.7 Å². The molecule has 0 aromatic heterocycles. The van der Waals surface area contributed by atoms with Gasteiger partial charge in [0, 0.05) is 18.5 Å². The molecule has 4 fully saturated rings. The van der Waals surface area contributed by atoms with Gasteiger partial charge in [0.05, 0.1) is 6.04 Å². The average Bonchev–Trinajstić information content (AvgIpc) is 3.12. The van der Waals surface area contributed by atoms with Crippen LogP contribution < -0.4 is 5.32 Å². The van der Waals surface area contributed by atoms with Crippen molar-refractivity contribution in [2.24, 2.45) is 22.9 Å². The van der Waals surface area contributed by atoms with Crippen molar-refractivity contribution in [2.75, 3.05) is 6.54 Å². The number of benzene rings is 1. The van der Waals surface area contributed by atoms with E-state index < -0.39 is 0 Å². The predicted molar refractivity (Wildman–Crippen MR) is 117 cm³/mol. The van der Waals surface area contributed by atoms with E-state index in [0.29, 0.717) is 0 Å². The molecule has 6 rings (SSSR count). The summed E-state index contributed by atoms with van der Waals surface area (Å²) < 4.78 is 0. The minimum atomic E-state index is 0.0617. The van der Waals surface area contributed by atoms with Crippen LogP contribution in [0.4, 0.5) is 0 Å². The maximum Gasteiger partial charge on any atom is 0.267 e. The molecule has 1 heterocycles. The number of hydrogen-bond acceptors (Lipinski definition) is 3. The summed E-state index contributed by atoms with van der Waals surface area (Å²) in [4.78, 5) is 13.3. The van der Waals surface area contributed by atoms with E-state index in [1.807, 2.05) is 0 Å². The minimum absolute atomic E-state index is 0.0617. The van der Waals surface area contributed by atoms with Gasteiger partial charge in [-0.3, -0.25) is 9.80 Å². The van der Waals surface area contributed by atoms with Crippen molar-refractivity contribution in [3.63, 3.8) is 0 Å². The number of unbranched alkanes of at least 4 members (excludes halogenated alkanes) is 2. The Balaban J connectivity index is 1.30. The lowest BCUT2D eigenvalue weighted by atomic mass is 9.53. The number of amides is 1. The second-order valence-electron chi connectivity index (χ2n) is 10.2. The van der Waals surface area contributed by atoms with Crippen molar-refractivity contribution in [1.29, 1.82) is 0 Å². The molecule has 0 radical (unpaired) electrons. The number of carbonyl (C=O) groups excluding carboxylic acids is 1. The Kier molecular flexibility index (Phi) is 5.13. The van der Waals surface area contributed by atoms with Crippen LogP contribution in [0.25, 0.3) is 0 Å². The highest BCUT2D eigenvalue weighted by Crippen LogP contribution is 2.55. The number of rotatable bonds is 7. The lowest BCUT2D eigenvalue weighted by Crippen LogP contribution is -2.60. The summed E-state index contributed by atoms with van der Waals surface area (Å²) in [5.74, 6) is 2.63. The molecule has 4 heteroatoms. The van der Waals surface area contributed by atoms with E-state index in [2.05, 4.69) is 47.6 Å². The summed E-state index contributed by atoms with van der Waals surface area (Å²) in [7, 11) is 0. The van der Waals surface area contributed by atoms with Gasteiger partial charge in [-0.15, -0.1) is 0 Å². The molecule has 0 spiro atoms. The maximum absolute atomic E-state index is 13.3. The third-order valence-corrected chi connectivity index (χ3v) is 7.85. The van der Waals surface area contributed by atoms with Gasteiger partial charge < -0.3 is 5.32 Å². The van der Waals surface area contributed by atoms with E-state index in [1.165, 1.54) is 56.9 Å². The standard InChI is InChI=1S/C25H35N3O/c1-2-3-7-10-28-23(21-8-5-4-6-9-21)14-22(27-28)24(29)26-25-15-18-11-19(16-25)13-20(12-18)17-25/h4-6,8-9,18-20,23H,2-3,7,10-17H2,1H3,(H,26,29). The number of nitrogens with zero attached hydrogens (tertiary/aromatic N) is 2. The highest BCUT2D eigenvalue weighted by atomic mass is 16.2. The highest BCUT2D eigenvalue weighted by molar-refractivity contribution is 6.39. The third kappa shape index (κ3) is 3.83. The molecule has 0 saturated heterocycles. The largest absolute Gasteiger partial charge is 0.345 e. The Hall–Kier alpha value is -1.84. The van der Waals surface area contributed by atoms with Crippen molar-refractivity contribution in [3.8, 4) is 0 Å². The molecule has 4 aliphatic carbocycles. The molecule has 1 aliphatic heterocycles. The minimum Gasteiger partial charge on any atom is -0.345 e. The second kappa shape index (κ2) is 7.77. The van der Waals surface area contributed by atoms with Gasteiger partial charge in [-0.1, -0.05) is 50.1 Å². The molecule has 1 N–H and O–H groups in total. The first-order chi connectivity index (χ1) is 14.1. The van der Waals surface area contributed by atoms with Gasteiger partial charge in [-0.05, 0) is 68.3 Å². The lowest BCUT2D eigenvalue weighted by Gasteiger charge is -2.56. The van der Waals surface area contributed by atoms with Crippen molar-refractivity contribution < 1.29 is 4.79 Å². The molecule has 156 valence electrons. The zero-order chi connectivity index (χ0) is 19.8. The van der Waals surface area contributed by atoms with E-state index in [9.17, 15) is 4.79 Å². The molecule has 1 unspecified atom stereocenters. The Bertz CT molecular complexity index is 736. The molecular weight excluding hydrogens is 358 g/mol. The third-order valence-electron chi connectivity index (χ3n) is 7.85. The number of hydrogen-bond donors (Lipinski definition) is 1. The maximum atomic E-state index is 13.3. The van der Waals surface area contributed by atoms with Crippen LogP contribution in [-0.2, 0) is 4.79 Å². The molecular formula is C25H35N3O. The first-order valence-corrected chi connectivity index (χ1v) is 11.9. The Morgan fingerprint density at radius 3 is 2.34 bits per heavy atom. The summed E-state index contributed by atoms with van der Waals surface area (Å²) in [6.45, 7) is 3.16. The van der Waals surface area contributed by atoms with Crippen molar-refractivity contribution in [3.05, 3.63) is 35.9 Å². The van der Waals surface area contributed by atoms with Gasteiger partial charge in [0.25, 0.3) is 5.91 Å². The molecule has 4 nitrogen and oxygen atoms in total. The van der Waals surface area contributed by atoms with Crippen molar-refractivity contribution >= 4 is 11.6 Å². The molecule has 5 aliphatic rings. The monoisotopic (exact) mass is 393 g/mol. The van der Waals surface area contributed by atoms with E-state index >= 15 is 0 Å². The number of carbonyl (C=O) groups is 1. The zero-order valence-corrected chi connectivity index (χ0v) is 17.8. The van der Waals surface area contributed by atoms with Crippen LogP contribution in [-0.4, -0.2) is 28.7 Å². The fraction of sp³-hybridized carbons (Fsp3) is 0.680.